The molecule has 0 aliphatic heterocycles. The summed E-state index contributed by atoms with van der Waals surface area (Å²) in [5.41, 5.74) is 0. The maximum absolute atomic E-state index is 10.3. The van der Waals surface area contributed by atoms with Crippen LogP contribution in [0.2, 0.25) is 0 Å². The van der Waals surface area contributed by atoms with Gasteiger partial charge < -0.3 is 5.11 Å². The van der Waals surface area contributed by atoms with Crippen molar-refractivity contribution in [3.05, 3.63) is 12.2 Å². The fraction of sp³-hybridized carbons (Fsp3) is 0.824. The Labute approximate surface area is 129 Å². The van der Waals surface area contributed by atoms with Crippen LogP contribution in [0.5, 0.6) is 0 Å². The van der Waals surface area contributed by atoms with Gasteiger partial charge in [0.15, 0.2) is 0 Å². The van der Waals surface area contributed by atoms with Gasteiger partial charge in [0.05, 0.1) is 0 Å². The first-order chi connectivity index (χ1) is 9.77. The van der Waals surface area contributed by atoms with Gasteiger partial charge in [-0.25, -0.2) is 0 Å². The topological polar surface area (TPSA) is 37.3 Å². The molecular weight excluding hydrogens is 268 g/mol. The van der Waals surface area contributed by atoms with Gasteiger partial charge in [-0.05, 0) is 43.6 Å². The summed E-state index contributed by atoms with van der Waals surface area (Å²) in [6.07, 6.45) is 16.9. The van der Waals surface area contributed by atoms with Gasteiger partial charge >= 0.3 is 5.97 Å². The van der Waals surface area contributed by atoms with E-state index in [0.29, 0.717) is 6.42 Å². The van der Waals surface area contributed by atoms with Crippen molar-refractivity contribution in [2.75, 3.05) is 11.5 Å². The van der Waals surface area contributed by atoms with Gasteiger partial charge in [0.2, 0.25) is 0 Å². The first-order valence-electron chi connectivity index (χ1n) is 8.22. The second kappa shape index (κ2) is 16.6. The summed E-state index contributed by atoms with van der Waals surface area (Å²) in [4.78, 5) is 10.3. The molecule has 0 atom stereocenters. The van der Waals surface area contributed by atoms with Crippen LogP contribution < -0.4 is 0 Å². The zero-order chi connectivity index (χ0) is 14.9. The van der Waals surface area contributed by atoms with Crippen molar-refractivity contribution in [2.45, 2.75) is 77.6 Å². The van der Waals surface area contributed by atoms with Gasteiger partial charge in [-0.15, -0.1) is 0 Å². The van der Waals surface area contributed by atoms with E-state index in [1.54, 1.807) is 0 Å². The molecule has 0 heterocycles. The smallest absolute Gasteiger partial charge is 0.303 e. The zero-order valence-electron chi connectivity index (χ0n) is 13.1. The van der Waals surface area contributed by atoms with E-state index in [9.17, 15) is 4.79 Å². The number of hydrogen-bond donors (Lipinski definition) is 1. The molecule has 0 saturated carbocycles. The Hall–Kier alpha value is -0.440. The number of thioether (sulfide) groups is 1. The summed E-state index contributed by atoms with van der Waals surface area (Å²) >= 11 is 2.07. The summed E-state index contributed by atoms with van der Waals surface area (Å²) in [6, 6.07) is 0. The highest BCUT2D eigenvalue weighted by atomic mass is 32.2. The predicted octanol–water partition coefficient (Wildman–Crippen LogP) is 5.67. The highest BCUT2D eigenvalue weighted by Crippen LogP contribution is 2.09. The standard InChI is InChI=1S/C17H32O2S/c1-2-3-12-15-20-16-13-10-8-6-4-5-7-9-11-14-17(18)19/h8,10H,2-7,9,11-16H2,1H3,(H,18,19). The van der Waals surface area contributed by atoms with Crippen molar-refractivity contribution in [2.24, 2.45) is 0 Å². The molecule has 0 aromatic heterocycles. The third kappa shape index (κ3) is 17.6. The molecule has 0 saturated heterocycles. The number of aliphatic carboxylic acids is 1. The Kier molecular flexibility index (Phi) is 16.2. The second-order valence-electron chi connectivity index (χ2n) is 5.28. The molecular formula is C17H32O2S. The van der Waals surface area contributed by atoms with E-state index in [1.165, 1.54) is 62.9 Å². The number of carboxylic acids is 1. The van der Waals surface area contributed by atoms with Crippen molar-refractivity contribution < 1.29 is 9.90 Å². The van der Waals surface area contributed by atoms with E-state index in [2.05, 4.69) is 30.8 Å². The molecule has 20 heavy (non-hydrogen) atoms. The Morgan fingerprint density at radius 1 is 0.900 bits per heavy atom. The van der Waals surface area contributed by atoms with Crippen molar-refractivity contribution in [1.82, 2.24) is 0 Å². The minimum Gasteiger partial charge on any atom is -0.481 e. The largest absolute Gasteiger partial charge is 0.481 e. The molecule has 3 heteroatoms. The number of carboxylic acid groups (broad SMARTS) is 1. The Bertz CT molecular complexity index is 239. The summed E-state index contributed by atoms with van der Waals surface area (Å²) in [5, 5.41) is 8.51. The monoisotopic (exact) mass is 300 g/mol. The normalized spacial score (nSPS) is 11.2. The summed E-state index contributed by atoms with van der Waals surface area (Å²) in [7, 11) is 0. The molecule has 0 spiro atoms. The number of carbonyl (C=O) groups is 1. The fourth-order valence-electron chi connectivity index (χ4n) is 2.01. The van der Waals surface area contributed by atoms with Crippen LogP contribution in [0.4, 0.5) is 0 Å². The van der Waals surface area contributed by atoms with Crippen LogP contribution in [-0.2, 0) is 4.79 Å². The minimum atomic E-state index is -0.666. The van der Waals surface area contributed by atoms with E-state index in [0.717, 1.165) is 12.8 Å². The number of unbranched alkanes of at least 4 members (excludes halogenated alkanes) is 7. The Morgan fingerprint density at radius 3 is 2.35 bits per heavy atom. The van der Waals surface area contributed by atoms with Crippen LogP contribution in [0.3, 0.4) is 0 Å². The number of rotatable bonds is 15. The second-order valence-corrected chi connectivity index (χ2v) is 6.50. The quantitative estimate of drug-likeness (QED) is 0.313. The molecule has 2 nitrogen and oxygen atoms in total. The highest BCUT2D eigenvalue weighted by Gasteiger charge is 1.95. The van der Waals surface area contributed by atoms with Crippen molar-refractivity contribution in [1.29, 1.82) is 0 Å². The molecule has 0 amide bonds. The van der Waals surface area contributed by atoms with E-state index in [1.807, 2.05) is 0 Å². The van der Waals surface area contributed by atoms with Gasteiger partial charge in [0.25, 0.3) is 0 Å². The van der Waals surface area contributed by atoms with Crippen LogP contribution in [-0.4, -0.2) is 22.6 Å². The summed E-state index contributed by atoms with van der Waals surface area (Å²) in [5.74, 6) is 1.91. The molecule has 0 unspecified atom stereocenters. The lowest BCUT2D eigenvalue weighted by Gasteiger charge is -1.99. The Balaban J connectivity index is 3.07. The number of allylic oxidation sites excluding steroid dienone is 2. The first kappa shape index (κ1) is 19.6. The molecule has 0 aromatic carbocycles. The highest BCUT2D eigenvalue weighted by molar-refractivity contribution is 7.99. The van der Waals surface area contributed by atoms with E-state index < -0.39 is 5.97 Å². The SMILES string of the molecule is CCCCCSCCC=CCCCCCCCC(=O)O. The van der Waals surface area contributed by atoms with E-state index in [4.69, 9.17) is 5.11 Å². The first-order valence-corrected chi connectivity index (χ1v) is 9.37. The van der Waals surface area contributed by atoms with Crippen LogP contribution in [0, 0.1) is 0 Å². The molecule has 0 fully saturated rings. The van der Waals surface area contributed by atoms with Crippen LogP contribution >= 0.6 is 11.8 Å². The third-order valence-corrected chi connectivity index (χ3v) is 4.35. The predicted molar refractivity (Wildman–Crippen MR) is 90.6 cm³/mol. The molecule has 0 radical (unpaired) electrons. The average Bonchev–Trinajstić information content (AvgIpc) is 2.43. The molecule has 0 rings (SSSR count). The molecule has 1 N–H and O–H groups in total. The van der Waals surface area contributed by atoms with Crippen LogP contribution in [0.15, 0.2) is 12.2 Å². The van der Waals surface area contributed by atoms with Gasteiger partial charge in [-0.2, -0.15) is 11.8 Å². The van der Waals surface area contributed by atoms with Crippen LogP contribution in [0.25, 0.3) is 0 Å². The van der Waals surface area contributed by atoms with Crippen molar-refractivity contribution >= 4 is 17.7 Å². The fourth-order valence-corrected chi connectivity index (χ4v) is 2.93. The lowest BCUT2D eigenvalue weighted by Crippen LogP contribution is -1.93. The maximum Gasteiger partial charge on any atom is 0.303 e. The van der Waals surface area contributed by atoms with Gasteiger partial charge in [0, 0.05) is 6.42 Å². The van der Waals surface area contributed by atoms with Gasteiger partial charge in [-0.1, -0.05) is 51.2 Å². The van der Waals surface area contributed by atoms with E-state index in [-0.39, 0.29) is 0 Å². The zero-order valence-corrected chi connectivity index (χ0v) is 13.9. The molecule has 0 aliphatic carbocycles. The maximum atomic E-state index is 10.3. The van der Waals surface area contributed by atoms with Crippen LogP contribution in [0.1, 0.15) is 77.6 Å². The molecule has 0 aromatic rings. The van der Waals surface area contributed by atoms with E-state index >= 15 is 0 Å². The summed E-state index contributed by atoms with van der Waals surface area (Å²) < 4.78 is 0. The molecule has 0 bridgehead atoms. The van der Waals surface area contributed by atoms with Gasteiger partial charge in [0.1, 0.15) is 0 Å². The third-order valence-electron chi connectivity index (χ3n) is 3.25. The summed E-state index contributed by atoms with van der Waals surface area (Å²) in [6.45, 7) is 2.25. The average molecular weight is 301 g/mol. The van der Waals surface area contributed by atoms with Gasteiger partial charge in [-0.3, -0.25) is 4.79 Å². The lowest BCUT2D eigenvalue weighted by molar-refractivity contribution is -0.137. The van der Waals surface area contributed by atoms with Crippen molar-refractivity contribution in [3.8, 4) is 0 Å². The Morgan fingerprint density at radius 2 is 1.60 bits per heavy atom. The minimum absolute atomic E-state index is 0.329. The number of hydrogen-bond acceptors (Lipinski definition) is 2. The van der Waals surface area contributed by atoms with Crippen molar-refractivity contribution in [3.63, 3.8) is 0 Å². The lowest BCUT2D eigenvalue weighted by atomic mass is 10.1. The molecule has 0 aliphatic rings. The molecule has 118 valence electrons.